The molecule has 0 saturated heterocycles. The van der Waals surface area contributed by atoms with E-state index in [1.807, 2.05) is 30.3 Å². The Kier molecular flexibility index (Phi) is 4.21. The Balaban J connectivity index is 1.91. The van der Waals surface area contributed by atoms with Crippen molar-refractivity contribution in [1.29, 1.82) is 0 Å². The van der Waals surface area contributed by atoms with Crippen LogP contribution in [-0.2, 0) is 0 Å². The number of halogens is 1. The number of Topliss-reactive ketones (excluding diaryl/α,β-unsaturated/α-hetero) is 1. The molecule has 2 aromatic carbocycles. The van der Waals surface area contributed by atoms with E-state index in [1.165, 1.54) is 6.92 Å². The molecular formula is C18H13BrN2O2. The van der Waals surface area contributed by atoms with Crippen molar-refractivity contribution < 1.29 is 9.59 Å². The summed E-state index contributed by atoms with van der Waals surface area (Å²) in [5, 5.41) is 3.76. The van der Waals surface area contributed by atoms with Gasteiger partial charge in [-0.2, -0.15) is 0 Å². The average molecular weight is 369 g/mol. The zero-order chi connectivity index (χ0) is 16.4. The van der Waals surface area contributed by atoms with Gasteiger partial charge in [-0.15, -0.1) is 0 Å². The van der Waals surface area contributed by atoms with Gasteiger partial charge in [0.25, 0.3) is 5.91 Å². The van der Waals surface area contributed by atoms with Gasteiger partial charge in [0.2, 0.25) is 0 Å². The van der Waals surface area contributed by atoms with Crippen LogP contribution in [0.1, 0.15) is 27.8 Å². The van der Waals surface area contributed by atoms with E-state index < -0.39 is 0 Å². The molecule has 0 saturated carbocycles. The van der Waals surface area contributed by atoms with Crippen LogP contribution in [0.4, 0.5) is 5.69 Å². The minimum atomic E-state index is -0.322. The fourth-order valence-corrected chi connectivity index (χ4v) is 2.56. The molecule has 5 heteroatoms. The van der Waals surface area contributed by atoms with Gasteiger partial charge < -0.3 is 5.32 Å². The van der Waals surface area contributed by atoms with Crippen molar-refractivity contribution in [2.75, 3.05) is 5.32 Å². The second-order valence-electron chi connectivity index (χ2n) is 5.09. The topological polar surface area (TPSA) is 59.1 Å². The molecular weight excluding hydrogens is 356 g/mol. The molecule has 23 heavy (non-hydrogen) atoms. The van der Waals surface area contributed by atoms with E-state index >= 15 is 0 Å². The summed E-state index contributed by atoms with van der Waals surface area (Å²) < 4.78 is 0.705. The monoisotopic (exact) mass is 368 g/mol. The largest absolute Gasteiger partial charge is 0.320 e. The van der Waals surface area contributed by atoms with Crippen LogP contribution in [0.3, 0.4) is 0 Å². The van der Waals surface area contributed by atoms with Crippen LogP contribution in [0, 0.1) is 0 Å². The molecule has 3 rings (SSSR count). The lowest BCUT2D eigenvalue weighted by Gasteiger charge is -2.09. The number of anilines is 1. The van der Waals surface area contributed by atoms with Gasteiger partial charge in [-0.25, -0.2) is 4.98 Å². The van der Waals surface area contributed by atoms with E-state index in [-0.39, 0.29) is 11.7 Å². The molecule has 0 radical (unpaired) electrons. The van der Waals surface area contributed by atoms with Gasteiger partial charge >= 0.3 is 0 Å². The van der Waals surface area contributed by atoms with E-state index in [0.29, 0.717) is 21.4 Å². The summed E-state index contributed by atoms with van der Waals surface area (Å²) >= 11 is 3.37. The highest BCUT2D eigenvalue weighted by atomic mass is 79.9. The quantitative estimate of drug-likeness (QED) is 0.694. The van der Waals surface area contributed by atoms with Crippen LogP contribution in [0.5, 0.6) is 0 Å². The third kappa shape index (κ3) is 3.29. The predicted molar refractivity (Wildman–Crippen MR) is 93.8 cm³/mol. The fourth-order valence-electron chi connectivity index (χ4n) is 2.22. The molecule has 0 aliphatic carbocycles. The number of ketones is 1. The number of pyridine rings is 1. The first kappa shape index (κ1) is 15.4. The van der Waals surface area contributed by atoms with Crippen molar-refractivity contribution >= 4 is 44.2 Å². The molecule has 0 bridgehead atoms. The van der Waals surface area contributed by atoms with Gasteiger partial charge in [-0.05, 0) is 47.1 Å². The lowest BCUT2D eigenvalue weighted by Crippen LogP contribution is -2.14. The summed E-state index contributed by atoms with van der Waals surface area (Å²) in [5.41, 5.74) is 2.16. The zero-order valence-electron chi connectivity index (χ0n) is 12.3. The van der Waals surface area contributed by atoms with E-state index in [4.69, 9.17) is 0 Å². The van der Waals surface area contributed by atoms with E-state index in [0.717, 1.165) is 10.9 Å². The van der Waals surface area contributed by atoms with Gasteiger partial charge in [-0.3, -0.25) is 9.59 Å². The smallest absolute Gasteiger partial charge is 0.274 e. The van der Waals surface area contributed by atoms with Gasteiger partial charge in [0.15, 0.2) is 5.78 Å². The first-order chi connectivity index (χ1) is 11.0. The van der Waals surface area contributed by atoms with E-state index in [9.17, 15) is 9.59 Å². The Morgan fingerprint density at radius 1 is 1.04 bits per heavy atom. The highest BCUT2D eigenvalue weighted by Gasteiger charge is 2.12. The molecule has 0 fully saturated rings. The Hall–Kier alpha value is -2.53. The predicted octanol–water partition coefficient (Wildman–Crippen LogP) is 4.45. The maximum Gasteiger partial charge on any atom is 0.274 e. The molecule has 0 aliphatic rings. The third-order valence-corrected chi connectivity index (χ3v) is 4.14. The first-order valence-electron chi connectivity index (χ1n) is 7.02. The number of nitrogens with zero attached hydrogens (tertiary/aromatic N) is 1. The number of rotatable bonds is 3. The van der Waals surface area contributed by atoms with Gasteiger partial charge in [-0.1, -0.05) is 30.3 Å². The summed E-state index contributed by atoms with van der Waals surface area (Å²) in [5.74, 6) is -0.381. The summed E-state index contributed by atoms with van der Waals surface area (Å²) in [6.45, 7) is 1.49. The number of carbonyl (C=O) groups excluding carboxylic acids is 2. The summed E-state index contributed by atoms with van der Waals surface area (Å²) in [4.78, 5) is 28.2. The lowest BCUT2D eigenvalue weighted by molar-refractivity contribution is 0.100. The minimum Gasteiger partial charge on any atom is -0.320 e. The van der Waals surface area contributed by atoms with Crippen molar-refractivity contribution in [3.63, 3.8) is 0 Å². The molecule has 3 aromatic rings. The SMILES string of the molecule is CC(=O)c1ccc(Br)c(NC(=O)c2ccc3ccccc3n2)c1. The van der Waals surface area contributed by atoms with Crippen molar-refractivity contribution in [3.05, 3.63) is 70.3 Å². The van der Waals surface area contributed by atoms with Crippen LogP contribution in [0.15, 0.2) is 59.1 Å². The Morgan fingerprint density at radius 3 is 2.61 bits per heavy atom. The maximum absolute atomic E-state index is 12.4. The van der Waals surface area contributed by atoms with Crippen LogP contribution >= 0.6 is 15.9 Å². The van der Waals surface area contributed by atoms with Crippen molar-refractivity contribution in [2.45, 2.75) is 6.92 Å². The zero-order valence-corrected chi connectivity index (χ0v) is 13.9. The summed E-state index contributed by atoms with van der Waals surface area (Å²) in [7, 11) is 0. The van der Waals surface area contributed by atoms with Crippen molar-refractivity contribution in [3.8, 4) is 0 Å². The molecule has 0 aliphatic heterocycles. The van der Waals surface area contributed by atoms with Gasteiger partial charge in [0.05, 0.1) is 11.2 Å². The van der Waals surface area contributed by atoms with E-state index in [1.54, 1.807) is 24.3 Å². The number of hydrogen-bond donors (Lipinski definition) is 1. The number of hydrogen-bond acceptors (Lipinski definition) is 3. The third-order valence-electron chi connectivity index (χ3n) is 3.45. The van der Waals surface area contributed by atoms with Crippen molar-refractivity contribution in [1.82, 2.24) is 4.98 Å². The van der Waals surface area contributed by atoms with Crippen LogP contribution in [0.25, 0.3) is 10.9 Å². The van der Waals surface area contributed by atoms with Crippen LogP contribution in [0.2, 0.25) is 0 Å². The summed E-state index contributed by atoms with van der Waals surface area (Å²) in [6.07, 6.45) is 0. The van der Waals surface area contributed by atoms with Gasteiger partial charge in [0, 0.05) is 15.4 Å². The number of benzene rings is 2. The van der Waals surface area contributed by atoms with Crippen LogP contribution in [-0.4, -0.2) is 16.7 Å². The average Bonchev–Trinajstić information content (AvgIpc) is 2.56. The number of amides is 1. The number of aromatic nitrogens is 1. The Morgan fingerprint density at radius 2 is 1.83 bits per heavy atom. The molecule has 4 nitrogen and oxygen atoms in total. The molecule has 1 heterocycles. The molecule has 0 spiro atoms. The number of fused-ring (bicyclic) bond motifs is 1. The van der Waals surface area contributed by atoms with Crippen molar-refractivity contribution in [2.24, 2.45) is 0 Å². The van der Waals surface area contributed by atoms with Crippen LogP contribution < -0.4 is 5.32 Å². The molecule has 0 unspecified atom stereocenters. The molecule has 0 atom stereocenters. The summed E-state index contributed by atoms with van der Waals surface area (Å²) in [6, 6.07) is 16.2. The maximum atomic E-state index is 12.4. The number of carbonyl (C=O) groups is 2. The molecule has 114 valence electrons. The van der Waals surface area contributed by atoms with Gasteiger partial charge in [0.1, 0.15) is 5.69 Å². The Bertz CT molecular complexity index is 922. The lowest BCUT2D eigenvalue weighted by atomic mass is 10.1. The molecule has 1 amide bonds. The highest BCUT2D eigenvalue weighted by Crippen LogP contribution is 2.24. The molecule has 1 N–H and O–H groups in total. The minimum absolute atomic E-state index is 0.0585. The highest BCUT2D eigenvalue weighted by molar-refractivity contribution is 9.10. The van der Waals surface area contributed by atoms with E-state index in [2.05, 4.69) is 26.2 Å². The number of para-hydroxylation sites is 1. The molecule has 1 aromatic heterocycles. The second kappa shape index (κ2) is 6.30. The normalized spacial score (nSPS) is 10.5. The fraction of sp³-hybridized carbons (Fsp3) is 0.0556. The Labute approximate surface area is 141 Å². The number of nitrogens with one attached hydrogen (secondary N) is 1. The first-order valence-corrected chi connectivity index (χ1v) is 7.81. The standard InChI is InChI=1S/C18H13BrN2O2/c1-11(22)13-6-8-14(19)17(10-13)21-18(23)16-9-7-12-4-2-3-5-15(12)20-16/h2-10H,1H3,(H,21,23). The second-order valence-corrected chi connectivity index (χ2v) is 5.95.